The minimum absolute atomic E-state index is 0.481. The Kier molecular flexibility index (Phi) is 4.11. The number of nitrogens with two attached hydrogens (primary N) is 1. The average Bonchev–Trinajstić information content (AvgIpc) is 2.61. The molecule has 5 heteroatoms. The van der Waals surface area contributed by atoms with E-state index in [9.17, 15) is 0 Å². The van der Waals surface area contributed by atoms with E-state index >= 15 is 0 Å². The number of hydrogen-bond acceptors (Lipinski definition) is 5. The van der Waals surface area contributed by atoms with Crippen molar-refractivity contribution in [2.24, 2.45) is 11.7 Å². The Morgan fingerprint density at radius 1 is 1.62 bits per heavy atom. The minimum Gasteiger partial charge on any atom is -0.360 e. The van der Waals surface area contributed by atoms with Gasteiger partial charge in [0.25, 0.3) is 0 Å². The summed E-state index contributed by atoms with van der Waals surface area (Å²) < 4.78 is 4.18. The number of rotatable bonds is 5. The molecular formula is C8H16N4S. The number of hydrogen-bond donors (Lipinski definition) is 2. The van der Waals surface area contributed by atoms with Crippen molar-refractivity contribution in [2.75, 3.05) is 18.4 Å². The molecule has 0 aliphatic heterocycles. The van der Waals surface area contributed by atoms with E-state index in [2.05, 4.69) is 21.6 Å². The van der Waals surface area contributed by atoms with Crippen LogP contribution < -0.4 is 11.1 Å². The van der Waals surface area contributed by atoms with E-state index in [1.54, 1.807) is 0 Å². The van der Waals surface area contributed by atoms with Gasteiger partial charge in [0.15, 0.2) is 0 Å². The first kappa shape index (κ1) is 10.4. The smallest absolute Gasteiger partial charge is 0.202 e. The van der Waals surface area contributed by atoms with Crippen LogP contribution in [0.25, 0.3) is 0 Å². The molecule has 0 aliphatic carbocycles. The summed E-state index contributed by atoms with van der Waals surface area (Å²) in [7, 11) is 0. The Balaban J connectivity index is 2.36. The molecular weight excluding hydrogens is 184 g/mol. The summed E-state index contributed by atoms with van der Waals surface area (Å²) in [5, 5.41) is 4.12. The van der Waals surface area contributed by atoms with Crippen LogP contribution >= 0.6 is 11.5 Å². The molecule has 0 saturated carbocycles. The van der Waals surface area contributed by atoms with Gasteiger partial charge in [0.05, 0.1) is 0 Å². The van der Waals surface area contributed by atoms with Gasteiger partial charge in [0, 0.05) is 24.5 Å². The highest BCUT2D eigenvalue weighted by atomic mass is 32.1. The van der Waals surface area contributed by atoms with Gasteiger partial charge in [-0.25, -0.2) is 4.98 Å². The van der Waals surface area contributed by atoms with Crippen LogP contribution in [0.2, 0.25) is 0 Å². The quantitative estimate of drug-likeness (QED) is 0.747. The number of nitrogens with one attached hydrogen (secondary N) is 1. The Bertz CT molecular complexity index is 248. The number of nitrogens with zero attached hydrogens (tertiary/aromatic N) is 2. The summed E-state index contributed by atoms with van der Waals surface area (Å²) >= 11 is 1.41. The lowest BCUT2D eigenvalue weighted by Gasteiger charge is -2.07. The SMILES string of the molecule is CCc1nsc(NCC(C)CN)n1. The third-order valence-corrected chi connectivity index (χ3v) is 2.50. The average molecular weight is 200 g/mol. The molecule has 0 saturated heterocycles. The fourth-order valence-electron chi connectivity index (χ4n) is 0.814. The van der Waals surface area contributed by atoms with Gasteiger partial charge in [-0.15, -0.1) is 0 Å². The molecule has 0 radical (unpaired) electrons. The van der Waals surface area contributed by atoms with Gasteiger partial charge in [0.1, 0.15) is 5.82 Å². The third-order valence-electron chi connectivity index (χ3n) is 1.79. The predicted octanol–water partition coefficient (Wildman–Crippen LogP) is 1.11. The third kappa shape index (κ3) is 3.28. The fourth-order valence-corrected chi connectivity index (χ4v) is 1.47. The van der Waals surface area contributed by atoms with Crippen LogP contribution in [-0.4, -0.2) is 22.4 Å². The summed E-state index contributed by atoms with van der Waals surface area (Å²) in [6, 6.07) is 0. The topological polar surface area (TPSA) is 63.8 Å². The summed E-state index contributed by atoms with van der Waals surface area (Å²) in [5.74, 6) is 1.39. The molecule has 1 rings (SSSR count). The van der Waals surface area contributed by atoms with Gasteiger partial charge in [-0.05, 0) is 12.5 Å². The van der Waals surface area contributed by atoms with Gasteiger partial charge in [-0.2, -0.15) is 4.37 Å². The molecule has 1 heterocycles. The molecule has 0 aromatic carbocycles. The lowest BCUT2D eigenvalue weighted by atomic mass is 10.2. The maximum atomic E-state index is 5.49. The summed E-state index contributed by atoms with van der Waals surface area (Å²) in [5.41, 5.74) is 5.49. The zero-order valence-corrected chi connectivity index (χ0v) is 8.90. The second-order valence-corrected chi connectivity index (χ2v) is 3.84. The first-order valence-electron chi connectivity index (χ1n) is 4.52. The van der Waals surface area contributed by atoms with E-state index in [1.165, 1.54) is 11.5 Å². The fraction of sp³-hybridized carbons (Fsp3) is 0.750. The van der Waals surface area contributed by atoms with Gasteiger partial charge in [-0.3, -0.25) is 0 Å². The largest absolute Gasteiger partial charge is 0.360 e. The molecule has 4 nitrogen and oxygen atoms in total. The Labute approximate surface area is 82.7 Å². The lowest BCUT2D eigenvalue weighted by molar-refractivity contribution is 0.628. The molecule has 0 bridgehead atoms. The van der Waals surface area contributed by atoms with E-state index in [0.29, 0.717) is 12.5 Å². The molecule has 1 unspecified atom stereocenters. The second-order valence-electron chi connectivity index (χ2n) is 3.09. The molecule has 0 aliphatic rings. The second kappa shape index (κ2) is 5.14. The van der Waals surface area contributed by atoms with Crippen molar-refractivity contribution in [2.45, 2.75) is 20.3 Å². The zero-order chi connectivity index (χ0) is 9.68. The van der Waals surface area contributed by atoms with Crippen LogP contribution in [0.15, 0.2) is 0 Å². The van der Waals surface area contributed by atoms with E-state index in [-0.39, 0.29) is 0 Å². The number of anilines is 1. The monoisotopic (exact) mass is 200 g/mol. The summed E-state index contributed by atoms with van der Waals surface area (Å²) in [6.07, 6.45) is 0.893. The van der Waals surface area contributed by atoms with Crippen molar-refractivity contribution in [1.82, 2.24) is 9.36 Å². The summed E-state index contributed by atoms with van der Waals surface area (Å²) in [6.45, 7) is 5.73. The van der Waals surface area contributed by atoms with Crippen LogP contribution in [0.4, 0.5) is 5.13 Å². The minimum atomic E-state index is 0.481. The standard InChI is InChI=1S/C8H16N4S/c1-3-7-11-8(13-12-7)10-5-6(2)4-9/h6H,3-5,9H2,1-2H3,(H,10,11,12). The zero-order valence-electron chi connectivity index (χ0n) is 8.08. The van der Waals surface area contributed by atoms with Crippen molar-refractivity contribution in [3.8, 4) is 0 Å². The van der Waals surface area contributed by atoms with Gasteiger partial charge in [-0.1, -0.05) is 13.8 Å². The van der Waals surface area contributed by atoms with Crippen LogP contribution in [0.3, 0.4) is 0 Å². The predicted molar refractivity (Wildman–Crippen MR) is 56.0 cm³/mol. The maximum Gasteiger partial charge on any atom is 0.202 e. The van der Waals surface area contributed by atoms with E-state index < -0.39 is 0 Å². The molecule has 0 amide bonds. The van der Waals surface area contributed by atoms with Crippen LogP contribution in [-0.2, 0) is 6.42 Å². The molecule has 13 heavy (non-hydrogen) atoms. The Hall–Kier alpha value is -0.680. The maximum absolute atomic E-state index is 5.49. The summed E-state index contributed by atoms with van der Waals surface area (Å²) in [4.78, 5) is 4.29. The van der Waals surface area contributed by atoms with Crippen molar-refractivity contribution in [3.63, 3.8) is 0 Å². The Morgan fingerprint density at radius 3 is 2.92 bits per heavy atom. The van der Waals surface area contributed by atoms with E-state index in [0.717, 1.165) is 23.9 Å². The van der Waals surface area contributed by atoms with Crippen LogP contribution in [0.5, 0.6) is 0 Å². The van der Waals surface area contributed by atoms with Crippen LogP contribution in [0.1, 0.15) is 19.7 Å². The van der Waals surface area contributed by atoms with Crippen molar-refractivity contribution in [3.05, 3.63) is 5.82 Å². The highest BCUT2D eigenvalue weighted by molar-refractivity contribution is 7.09. The molecule has 3 N–H and O–H groups in total. The van der Waals surface area contributed by atoms with Crippen molar-refractivity contribution < 1.29 is 0 Å². The highest BCUT2D eigenvalue weighted by Gasteiger charge is 2.03. The van der Waals surface area contributed by atoms with Crippen molar-refractivity contribution in [1.29, 1.82) is 0 Å². The molecule has 1 aromatic rings. The molecule has 1 aromatic heterocycles. The highest BCUT2D eigenvalue weighted by Crippen LogP contribution is 2.11. The van der Waals surface area contributed by atoms with E-state index in [4.69, 9.17) is 5.73 Å². The molecule has 0 fully saturated rings. The normalized spacial score (nSPS) is 12.8. The Morgan fingerprint density at radius 2 is 2.38 bits per heavy atom. The molecule has 0 spiro atoms. The van der Waals surface area contributed by atoms with E-state index in [1.807, 2.05) is 6.92 Å². The number of aromatic nitrogens is 2. The van der Waals surface area contributed by atoms with Gasteiger partial charge in [0.2, 0.25) is 5.13 Å². The van der Waals surface area contributed by atoms with Crippen molar-refractivity contribution >= 4 is 16.7 Å². The lowest BCUT2D eigenvalue weighted by Crippen LogP contribution is -2.19. The van der Waals surface area contributed by atoms with Gasteiger partial charge >= 0.3 is 0 Å². The molecule has 1 atom stereocenters. The van der Waals surface area contributed by atoms with Crippen LogP contribution in [0, 0.1) is 5.92 Å². The number of aryl methyl sites for hydroxylation is 1. The van der Waals surface area contributed by atoms with Gasteiger partial charge < -0.3 is 11.1 Å². The first-order valence-corrected chi connectivity index (χ1v) is 5.30. The molecule has 74 valence electrons. The first-order chi connectivity index (χ1) is 6.26.